The van der Waals surface area contributed by atoms with E-state index >= 15 is 0 Å². The predicted molar refractivity (Wildman–Crippen MR) is 62.1 cm³/mol. The lowest BCUT2D eigenvalue weighted by molar-refractivity contribution is 0.307. The molecular formula is C13H18FN. The number of rotatable bonds is 1. The first-order valence-corrected chi connectivity index (χ1v) is 5.71. The third kappa shape index (κ3) is 2.71. The van der Waals surface area contributed by atoms with E-state index in [2.05, 4.69) is 36.1 Å². The van der Waals surface area contributed by atoms with Crippen molar-refractivity contribution in [1.82, 2.24) is 0 Å². The van der Waals surface area contributed by atoms with E-state index < -0.39 is 6.17 Å². The Balaban J connectivity index is 2.06. The maximum atomic E-state index is 13.2. The second-order valence-electron chi connectivity index (χ2n) is 4.35. The van der Waals surface area contributed by atoms with Gasteiger partial charge in [0.15, 0.2) is 0 Å². The Morgan fingerprint density at radius 2 is 1.87 bits per heavy atom. The molecule has 2 heteroatoms. The normalized spacial score (nSPS) is 22.5. The van der Waals surface area contributed by atoms with Crippen molar-refractivity contribution in [2.75, 3.05) is 18.0 Å². The summed E-state index contributed by atoms with van der Waals surface area (Å²) in [4.78, 5) is 2.29. The van der Waals surface area contributed by atoms with Gasteiger partial charge in [0.1, 0.15) is 6.17 Å². The molecule has 0 N–H and O–H groups in total. The lowest BCUT2D eigenvalue weighted by Crippen LogP contribution is -2.24. The molecule has 0 saturated carbocycles. The number of nitrogens with zero attached hydrogens (tertiary/aromatic N) is 1. The summed E-state index contributed by atoms with van der Waals surface area (Å²) in [6.45, 7) is 3.93. The summed E-state index contributed by atoms with van der Waals surface area (Å²) in [6, 6.07) is 8.50. The van der Waals surface area contributed by atoms with Crippen LogP contribution in [0.3, 0.4) is 0 Å². The first-order valence-electron chi connectivity index (χ1n) is 5.71. The molecule has 1 atom stereocenters. The van der Waals surface area contributed by atoms with Crippen LogP contribution in [0.5, 0.6) is 0 Å². The van der Waals surface area contributed by atoms with Crippen molar-refractivity contribution in [3.8, 4) is 0 Å². The molecular weight excluding hydrogens is 189 g/mol. The van der Waals surface area contributed by atoms with Crippen molar-refractivity contribution in [1.29, 1.82) is 0 Å². The molecule has 1 aromatic carbocycles. The number of alkyl halides is 1. The largest absolute Gasteiger partial charge is 0.371 e. The fraction of sp³-hybridized carbons (Fsp3) is 0.538. The third-order valence-corrected chi connectivity index (χ3v) is 3.06. The summed E-state index contributed by atoms with van der Waals surface area (Å²) in [5, 5.41) is 0. The number of halogens is 1. The van der Waals surface area contributed by atoms with Gasteiger partial charge in [-0.1, -0.05) is 17.7 Å². The summed E-state index contributed by atoms with van der Waals surface area (Å²) in [7, 11) is 0. The summed E-state index contributed by atoms with van der Waals surface area (Å²) in [5.41, 5.74) is 2.51. The molecule has 1 unspecified atom stereocenters. The Labute approximate surface area is 90.9 Å². The van der Waals surface area contributed by atoms with Crippen LogP contribution >= 0.6 is 0 Å². The van der Waals surface area contributed by atoms with Gasteiger partial charge in [-0.2, -0.15) is 0 Å². The topological polar surface area (TPSA) is 3.24 Å². The lowest BCUT2D eigenvalue weighted by Gasteiger charge is -2.22. The molecule has 0 aromatic heterocycles. The van der Waals surface area contributed by atoms with Crippen molar-refractivity contribution in [2.24, 2.45) is 0 Å². The van der Waals surface area contributed by atoms with Gasteiger partial charge < -0.3 is 4.90 Å². The quantitative estimate of drug-likeness (QED) is 0.682. The van der Waals surface area contributed by atoms with Gasteiger partial charge in [-0.05, 0) is 38.3 Å². The molecule has 0 radical (unpaired) electrons. The van der Waals surface area contributed by atoms with E-state index in [0.717, 1.165) is 25.9 Å². The second-order valence-corrected chi connectivity index (χ2v) is 4.35. The van der Waals surface area contributed by atoms with E-state index in [1.165, 1.54) is 11.3 Å². The van der Waals surface area contributed by atoms with Crippen molar-refractivity contribution in [3.63, 3.8) is 0 Å². The van der Waals surface area contributed by atoms with E-state index in [1.54, 1.807) is 0 Å². The van der Waals surface area contributed by atoms with Crippen LogP contribution in [0.2, 0.25) is 0 Å². The van der Waals surface area contributed by atoms with Crippen molar-refractivity contribution in [2.45, 2.75) is 32.4 Å². The summed E-state index contributed by atoms with van der Waals surface area (Å²) < 4.78 is 13.2. The van der Waals surface area contributed by atoms with Crippen molar-refractivity contribution >= 4 is 5.69 Å². The molecule has 0 spiro atoms. The Hall–Kier alpha value is -1.05. The zero-order valence-electron chi connectivity index (χ0n) is 9.25. The van der Waals surface area contributed by atoms with E-state index in [9.17, 15) is 4.39 Å². The van der Waals surface area contributed by atoms with Crippen molar-refractivity contribution < 1.29 is 4.39 Å². The van der Waals surface area contributed by atoms with E-state index in [1.807, 2.05) is 0 Å². The first-order chi connectivity index (χ1) is 7.25. The van der Waals surface area contributed by atoms with Crippen LogP contribution < -0.4 is 4.90 Å². The summed E-state index contributed by atoms with van der Waals surface area (Å²) >= 11 is 0. The molecule has 1 fully saturated rings. The standard InChI is InChI=1S/C13H18FN/c1-11-4-6-13(7-5-11)15-9-2-3-12(14)8-10-15/h4-7,12H,2-3,8-10H2,1H3. The second kappa shape index (κ2) is 4.65. The fourth-order valence-corrected chi connectivity index (χ4v) is 2.07. The fourth-order valence-electron chi connectivity index (χ4n) is 2.07. The van der Waals surface area contributed by atoms with Crippen LogP contribution in [0.25, 0.3) is 0 Å². The van der Waals surface area contributed by atoms with Gasteiger partial charge in [-0.15, -0.1) is 0 Å². The Kier molecular flexibility index (Phi) is 3.24. The Morgan fingerprint density at radius 1 is 1.13 bits per heavy atom. The monoisotopic (exact) mass is 207 g/mol. The lowest BCUT2D eigenvalue weighted by atomic mass is 10.2. The number of anilines is 1. The smallest absolute Gasteiger partial charge is 0.102 e. The molecule has 1 heterocycles. The van der Waals surface area contributed by atoms with Crippen LogP contribution in [-0.4, -0.2) is 19.3 Å². The van der Waals surface area contributed by atoms with Gasteiger partial charge in [0, 0.05) is 18.8 Å². The number of benzene rings is 1. The molecule has 15 heavy (non-hydrogen) atoms. The minimum atomic E-state index is -0.597. The van der Waals surface area contributed by atoms with Crippen molar-refractivity contribution in [3.05, 3.63) is 29.8 Å². The molecule has 1 aliphatic heterocycles. The average Bonchev–Trinajstić information content (AvgIpc) is 2.44. The van der Waals surface area contributed by atoms with E-state index in [4.69, 9.17) is 0 Å². The minimum absolute atomic E-state index is 0.597. The number of hydrogen-bond donors (Lipinski definition) is 0. The van der Waals surface area contributed by atoms with Gasteiger partial charge in [0.25, 0.3) is 0 Å². The number of hydrogen-bond acceptors (Lipinski definition) is 1. The highest BCUT2D eigenvalue weighted by Crippen LogP contribution is 2.21. The highest BCUT2D eigenvalue weighted by molar-refractivity contribution is 5.47. The minimum Gasteiger partial charge on any atom is -0.371 e. The SMILES string of the molecule is Cc1ccc(N2CCCC(F)CC2)cc1. The Bertz CT molecular complexity index is 307. The number of aryl methyl sites for hydroxylation is 1. The van der Waals surface area contributed by atoms with Crippen LogP contribution in [0.1, 0.15) is 24.8 Å². The van der Waals surface area contributed by atoms with Crippen LogP contribution in [-0.2, 0) is 0 Å². The maximum absolute atomic E-state index is 13.2. The maximum Gasteiger partial charge on any atom is 0.102 e. The van der Waals surface area contributed by atoms with Gasteiger partial charge in [0.05, 0.1) is 0 Å². The molecule has 0 amide bonds. The van der Waals surface area contributed by atoms with Gasteiger partial charge in [0.2, 0.25) is 0 Å². The zero-order valence-corrected chi connectivity index (χ0v) is 9.25. The van der Waals surface area contributed by atoms with Crippen LogP contribution in [0.4, 0.5) is 10.1 Å². The van der Waals surface area contributed by atoms with E-state index in [0.29, 0.717) is 6.42 Å². The third-order valence-electron chi connectivity index (χ3n) is 3.06. The average molecular weight is 207 g/mol. The molecule has 82 valence electrons. The predicted octanol–water partition coefficient (Wildman–Crippen LogP) is 3.32. The molecule has 0 bridgehead atoms. The van der Waals surface area contributed by atoms with Crippen LogP contribution in [0.15, 0.2) is 24.3 Å². The summed E-state index contributed by atoms with van der Waals surface area (Å²) in [6.07, 6.45) is 1.77. The zero-order chi connectivity index (χ0) is 10.7. The molecule has 1 nitrogen and oxygen atoms in total. The summed E-state index contributed by atoms with van der Waals surface area (Å²) in [5.74, 6) is 0. The molecule has 1 aromatic rings. The van der Waals surface area contributed by atoms with Crippen LogP contribution in [0, 0.1) is 6.92 Å². The Morgan fingerprint density at radius 3 is 2.60 bits per heavy atom. The molecule has 0 aliphatic carbocycles. The van der Waals surface area contributed by atoms with Gasteiger partial charge >= 0.3 is 0 Å². The van der Waals surface area contributed by atoms with Gasteiger partial charge in [-0.3, -0.25) is 0 Å². The molecule has 1 aliphatic rings. The van der Waals surface area contributed by atoms with E-state index in [-0.39, 0.29) is 0 Å². The first kappa shape index (κ1) is 10.5. The molecule has 1 saturated heterocycles. The molecule has 2 rings (SSSR count). The highest BCUT2D eigenvalue weighted by Gasteiger charge is 2.15. The highest BCUT2D eigenvalue weighted by atomic mass is 19.1. The van der Waals surface area contributed by atoms with Gasteiger partial charge in [-0.25, -0.2) is 4.39 Å².